The molecule has 8 heteroatoms. The van der Waals surface area contributed by atoms with E-state index in [-0.39, 0.29) is 18.0 Å². The van der Waals surface area contributed by atoms with Crippen LogP contribution in [0, 0.1) is 0 Å². The number of nitrogens with zero attached hydrogens (tertiary/aromatic N) is 4. The number of aliphatic hydroxyl groups excluding tert-OH is 1. The Morgan fingerprint density at radius 2 is 1.97 bits per heavy atom. The number of hydrogen-bond donors (Lipinski definition) is 1. The average molecular weight is 453 g/mol. The van der Waals surface area contributed by atoms with Gasteiger partial charge in [-0.3, -0.25) is 24.1 Å². The minimum absolute atomic E-state index is 0.204. The highest BCUT2D eigenvalue weighted by Crippen LogP contribution is 2.28. The minimum atomic E-state index is -0.385. The minimum Gasteiger partial charge on any atom is -0.388 e. The summed E-state index contributed by atoms with van der Waals surface area (Å²) in [6, 6.07) is 12.5. The summed E-state index contributed by atoms with van der Waals surface area (Å²) in [5.74, 6) is 0.222. The van der Waals surface area contributed by atoms with E-state index in [0.717, 1.165) is 16.5 Å². The van der Waals surface area contributed by atoms with Crippen LogP contribution in [0.3, 0.4) is 0 Å². The molecule has 1 amide bonds. The quantitative estimate of drug-likeness (QED) is 0.255. The van der Waals surface area contributed by atoms with Crippen LogP contribution in [0.2, 0.25) is 5.02 Å². The lowest BCUT2D eigenvalue weighted by molar-refractivity contribution is -0.114. The zero-order valence-corrected chi connectivity index (χ0v) is 19.0. The number of rotatable bonds is 7. The number of allylic oxidation sites excluding steroid dienone is 1. The van der Waals surface area contributed by atoms with Crippen molar-refractivity contribution in [1.82, 2.24) is 9.47 Å². The predicted molar refractivity (Wildman–Crippen MR) is 131 cm³/mol. The van der Waals surface area contributed by atoms with Crippen molar-refractivity contribution < 1.29 is 9.90 Å². The molecule has 3 rings (SSSR count). The van der Waals surface area contributed by atoms with Gasteiger partial charge in [0.05, 0.1) is 16.4 Å². The van der Waals surface area contributed by atoms with E-state index in [1.807, 2.05) is 25.1 Å². The van der Waals surface area contributed by atoms with Gasteiger partial charge in [0.2, 0.25) is 6.41 Å². The molecule has 1 heterocycles. The van der Waals surface area contributed by atoms with Crippen LogP contribution < -0.4 is 10.6 Å². The van der Waals surface area contributed by atoms with Crippen LogP contribution in [0.25, 0.3) is 22.0 Å². The van der Waals surface area contributed by atoms with Crippen LogP contribution in [0.4, 0.5) is 5.69 Å². The smallest absolute Gasteiger partial charge is 0.263 e. The molecule has 0 aliphatic carbocycles. The highest BCUT2D eigenvalue weighted by molar-refractivity contribution is 6.32. The first kappa shape index (κ1) is 23.2. The second kappa shape index (κ2) is 9.80. The lowest BCUT2D eigenvalue weighted by Gasteiger charge is -2.21. The van der Waals surface area contributed by atoms with Crippen LogP contribution in [-0.2, 0) is 4.79 Å². The van der Waals surface area contributed by atoms with Gasteiger partial charge in [-0.1, -0.05) is 30.3 Å². The zero-order chi connectivity index (χ0) is 23.4. The van der Waals surface area contributed by atoms with Gasteiger partial charge in [0.25, 0.3) is 5.56 Å². The van der Waals surface area contributed by atoms with Crippen LogP contribution in [0.1, 0.15) is 19.4 Å². The predicted octanol–water partition coefficient (Wildman–Crippen LogP) is 3.90. The number of benzene rings is 2. The van der Waals surface area contributed by atoms with Crippen molar-refractivity contribution in [3.05, 3.63) is 76.2 Å². The molecule has 2 aromatic carbocycles. The SMILES string of the molecule is C=C(C)c1cn(-c2ccccc2Cl)c(=O)c2ccc(N(C)/N=C(/CO)N(C=O)CC)cc12. The fourth-order valence-corrected chi connectivity index (χ4v) is 3.65. The summed E-state index contributed by atoms with van der Waals surface area (Å²) >= 11 is 6.34. The summed E-state index contributed by atoms with van der Waals surface area (Å²) in [6.45, 7) is 7.74. The van der Waals surface area contributed by atoms with E-state index in [2.05, 4.69) is 11.7 Å². The second-order valence-corrected chi connectivity index (χ2v) is 7.68. The molecule has 32 heavy (non-hydrogen) atoms. The highest BCUT2D eigenvalue weighted by Gasteiger charge is 2.15. The highest BCUT2D eigenvalue weighted by atomic mass is 35.5. The summed E-state index contributed by atoms with van der Waals surface area (Å²) in [7, 11) is 1.71. The van der Waals surface area contributed by atoms with Gasteiger partial charge >= 0.3 is 0 Å². The Morgan fingerprint density at radius 1 is 1.25 bits per heavy atom. The number of hydrazone groups is 1. The normalized spacial score (nSPS) is 11.5. The zero-order valence-electron chi connectivity index (χ0n) is 18.2. The Labute approximate surface area is 191 Å². The van der Waals surface area contributed by atoms with Crippen LogP contribution >= 0.6 is 11.6 Å². The Kier molecular flexibility index (Phi) is 7.12. The third-order valence-electron chi connectivity index (χ3n) is 5.15. The molecule has 0 saturated carbocycles. The first-order valence-corrected chi connectivity index (χ1v) is 10.4. The number of para-hydroxylation sites is 1. The van der Waals surface area contributed by atoms with Gasteiger partial charge in [-0.2, -0.15) is 5.10 Å². The largest absolute Gasteiger partial charge is 0.388 e. The van der Waals surface area contributed by atoms with Crippen molar-refractivity contribution in [3.8, 4) is 5.69 Å². The van der Waals surface area contributed by atoms with Crippen molar-refractivity contribution in [2.45, 2.75) is 13.8 Å². The maximum absolute atomic E-state index is 13.3. The van der Waals surface area contributed by atoms with Crippen molar-refractivity contribution in [3.63, 3.8) is 0 Å². The molecule has 3 aromatic rings. The maximum atomic E-state index is 13.3. The number of amides is 1. The van der Waals surface area contributed by atoms with Crippen molar-refractivity contribution in [2.24, 2.45) is 5.10 Å². The van der Waals surface area contributed by atoms with E-state index in [0.29, 0.717) is 34.7 Å². The van der Waals surface area contributed by atoms with Gasteiger partial charge in [-0.15, -0.1) is 0 Å². The average Bonchev–Trinajstić information content (AvgIpc) is 2.79. The third-order valence-corrected chi connectivity index (χ3v) is 5.47. The summed E-state index contributed by atoms with van der Waals surface area (Å²) in [4.78, 5) is 25.8. The summed E-state index contributed by atoms with van der Waals surface area (Å²) in [5, 5.41) is 17.2. The topological polar surface area (TPSA) is 78.1 Å². The standard InChI is InChI=1S/C24H25ClN4O3/c1-5-28(15-31)23(14-30)26-27(4)17-10-11-18-19(12-17)20(16(2)3)13-29(24(18)32)22-9-7-6-8-21(22)25/h6-13,15,30H,2,5,14H2,1,3-4H3/b26-23-. The first-order valence-electron chi connectivity index (χ1n) is 10.1. The van der Waals surface area contributed by atoms with Crippen molar-refractivity contribution in [2.75, 3.05) is 25.2 Å². The molecule has 1 N–H and O–H groups in total. The number of carbonyl (C=O) groups excluding carboxylic acids is 1. The van der Waals surface area contributed by atoms with Gasteiger partial charge in [-0.25, -0.2) is 0 Å². The van der Waals surface area contributed by atoms with E-state index >= 15 is 0 Å². The fourth-order valence-electron chi connectivity index (χ4n) is 3.42. The molecule has 166 valence electrons. The molecule has 0 fully saturated rings. The molecule has 0 atom stereocenters. The monoisotopic (exact) mass is 452 g/mol. The Bertz CT molecular complexity index is 1270. The molecular weight excluding hydrogens is 428 g/mol. The molecule has 0 aliphatic rings. The summed E-state index contributed by atoms with van der Waals surface area (Å²) in [6.07, 6.45) is 2.37. The number of aliphatic hydroxyl groups is 1. The van der Waals surface area contributed by atoms with E-state index in [9.17, 15) is 14.7 Å². The Balaban J connectivity index is 2.19. The van der Waals surface area contributed by atoms with Crippen molar-refractivity contribution >= 4 is 45.9 Å². The lowest BCUT2D eigenvalue weighted by atomic mass is 10.0. The molecule has 0 bridgehead atoms. The Morgan fingerprint density at radius 3 is 2.56 bits per heavy atom. The number of likely N-dealkylation sites (N-methyl/N-ethyl adjacent to an activating group) is 1. The molecule has 0 spiro atoms. The maximum Gasteiger partial charge on any atom is 0.263 e. The van der Waals surface area contributed by atoms with Crippen molar-refractivity contribution in [1.29, 1.82) is 0 Å². The number of hydrogen-bond acceptors (Lipinski definition) is 5. The number of fused-ring (bicyclic) bond motifs is 1. The molecule has 0 radical (unpaired) electrons. The van der Waals surface area contributed by atoms with Gasteiger partial charge < -0.3 is 5.11 Å². The first-order chi connectivity index (χ1) is 15.3. The molecule has 0 saturated heterocycles. The van der Waals surface area contributed by atoms with Gasteiger partial charge in [0.15, 0.2) is 5.84 Å². The van der Waals surface area contributed by atoms with Gasteiger partial charge in [0.1, 0.15) is 6.61 Å². The van der Waals surface area contributed by atoms with Crippen LogP contribution in [0.15, 0.2) is 65.1 Å². The summed E-state index contributed by atoms with van der Waals surface area (Å²) < 4.78 is 1.53. The van der Waals surface area contributed by atoms with E-state index in [1.54, 1.807) is 49.4 Å². The molecular formula is C24H25ClN4O3. The number of halogens is 1. The van der Waals surface area contributed by atoms with Gasteiger partial charge in [0, 0.05) is 30.7 Å². The number of anilines is 1. The lowest BCUT2D eigenvalue weighted by Crippen LogP contribution is -2.34. The summed E-state index contributed by atoms with van der Waals surface area (Å²) in [5.41, 5.74) is 2.65. The van der Waals surface area contributed by atoms with Gasteiger partial charge in [-0.05, 0) is 55.1 Å². The number of amidine groups is 1. The van der Waals surface area contributed by atoms with Crippen LogP contribution in [0.5, 0.6) is 0 Å². The number of pyridine rings is 1. The van der Waals surface area contributed by atoms with E-state index in [1.165, 1.54) is 9.47 Å². The second-order valence-electron chi connectivity index (χ2n) is 7.27. The molecule has 7 nitrogen and oxygen atoms in total. The molecule has 1 aromatic heterocycles. The molecule has 0 unspecified atom stereocenters. The fraction of sp³-hybridized carbons (Fsp3) is 0.208. The Hall–Kier alpha value is -3.42. The number of aromatic nitrogens is 1. The van der Waals surface area contributed by atoms with E-state index in [4.69, 9.17) is 11.6 Å². The third kappa shape index (κ3) is 4.44. The molecule has 0 aliphatic heterocycles. The van der Waals surface area contributed by atoms with Crippen LogP contribution in [-0.4, -0.2) is 47.0 Å². The number of carbonyl (C=O) groups is 1. The van der Waals surface area contributed by atoms with E-state index < -0.39 is 0 Å².